The third-order valence-corrected chi connectivity index (χ3v) is 2.86. The number of rotatable bonds is 7. The van der Waals surface area contributed by atoms with Crippen LogP contribution in [0.5, 0.6) is 0 Å². The van der Waals surface area contributed by atoms with Gasteiger partial charge in [0.1, 0.15) is 5.82 Å². The lowest BCUT2D eigenvalue weighted by Crippen LogP contribution is -2.36. The number of pyridine rings is 1. The van der Waals surface area contributed by atoms with Crippen LogP contribution in [0, 0.1) is 0 Å². The van der Waals surface area contributed by atoms with Gasteiger partial charge in [-0.25, -0.2) is 4.98 Å². The van der Waals surface area contributed by atoms with Gasteiger partial charge in [-0.1, -0.05) is 6.92 Å². The van der Waals surface area contributed by atoms with Crippen LogP contribution in [0.15, 0.2) is 18.3 Å². The quantitative estimate of drug-likeness (QED) is 0.680. The fourth-order valence-corrected chi connectivity index (χ4v) is 1.61. The molecular weight excluding hydrogens is 216 g/mol. The van der Waals surface area contributed by atoms with Gasteiger partial charge in [0.05, 0.1) is 6.61 Å². The molecule has 1 heterocycles. The molecule has 1 aromatic rings. The van der Waals surface area contributed by atoms with Gasteiger partial charge in [0, 0.05) is 31.5 Å². The summed E-state index contributed by atoms with van der Waals surface area (Å²) in [6.45, 7) is 5.77. The Kier molecular flexibility index (Phi) is 5.63. The molecule has 4 nitrogen and oxygen atoms in total. The van der Waals surface area contributed by atoms with Crippen molar-refractivity contribution in [1.82, 2.24) is 4.98 Å². The number of hydrogen-bond acceptors (Lipinski definition) is 4. The van der Waals surface area contributed by atoms with Gasteiger partial charge in [-0.05, 0) is 25.5 Å². The lowest BCUT2D eigenvalue weighted by Gasteiger charge is -2.29. The Labute approximate surface area is 103 Å². The zero-order chi connectivity index (χ0) is 12.7. The molecule has 0 aliphatic rings. The van der Waals surface area contributed by atoms with Crippen molar-refractivity contribution in [2.75, 3.05) is 25.2 Å². The number of anilines is 1. The number of aromatic nitrogens is 1. The Balaban J connectivity index is 2.83. The number of hydrogen-bond donors (Lipinski definition) is 0. The van der Waals surface area contributed by atoms with E-state index in [0.29, 0.717) is 18.2 Å². The fraction of sp³-hybridized carbons (Fsp3) is 0.538. The second kappa shape index (κ2) is 7.01. The van der Waals surface area contributed by atoms with Crippen LogP contribution in [-0.4, -0.2) is 37.6 Å². The zero-order valence-electron chi connectivity index (χ0n) is 10.7. The highest BCUT2D eigenvalue weighted by atomic mass is 16.5. The Morgan fingerprint density at radius 2 is 2.29 bits per heavy atom. The second-order valence-electron chi connectivity index (χ2n) is 4.01. The molecule has 0 amide bonds. The Bertz CT molecular complexity index is 338. The van der Waals surface area contributed by atoms with Gasteiger partial charge in [0.25, 0.3) is 0 Å². The van der Waals surface area contributed by atoms with Crippen molar-refractivity contribution >= 4 is 12.1 Å². The van der Waals surface area contributed by atoms with E-state index >= 15 is 0 Å². The summed E-state index contributed by atoms with van der Waals surface area (Å²) in [6.07, 6.45) is 3.45. The van der Waals surface area contributed by atoms with Crippen LogP contribution in [0.25, 0.3) is 0 Å². The normalized spacial score (nSPS) is 12.2. The van der Waals surface area contributed by atoms with Crippen LogP contribution < -0.4 is 4.90 Å². The van der Waals surface area contributed by atoms with Crippen molar-refractivity contribution in [3.05, 3.63) is 23.9 Å². The smallest absolute Gasteiger partial charge is 0.151 e. The lowest BCUT2D eigenvalue weighted by molar-refractivity contribution is 0.112. The van der Waals surface area contributed by atoms with E-state index in [2.05, 4.69) is 23.7 Å². The zero-order valence-corrected chi connectivity index (χ0v) is 10.7. The van der Waals surface area contributed by atoms with E-state index in [9.17, 15) is 4.79 Å². The maximum atomic E-state index is 10.6. The summed E-state index contributed by atoms with van der Waals surface area (Å²) in [4.78, 5) is 17.1. The maximum Gasteiger partial charge on any atom is 0.151 e. The predicted molar refractivity (Wildman–Crippen MR) is 68.6 cm³/mol. The minimum Gasteiger partial charge on any atom is -0.383 e. The van der Waals surface area contributed by atoms with E-state index in [-0.39, 0.29) is 0 Å². The first-order valence-corrected chi connectivity index (χ1v) is 5.89. The summed E-state index contributed by atoms with van der Waals surface area (Å²) in [5.74, 6) is 0.891. The summed E-state index contributed by atoms with van der Waals surface area (Å²) in [5, 5.41) is 0. The molecule has 0 saturated carbocycles. The molecule has 0 N–H and O–H groups in total. The molecule has 1 aromatic heterocycles. The van der Waals surface area contributed by atoms with Gasteiger partial charge in [-0.3, -0.25) is 4.79 Å². The van der Waals surface area contributed by atoms with Crippen LogP contribution in [0.2, 0.25) is 0 Å². The number of carbonyl (C=O) groups excluding carboxylic acids is 1. The van der Waals surface area contributed by atoms with Gasteiger partial charge in [0.15, 0.2) is 6.29 Å². The molecule has 0 aliphatic carbocycles. The van der Waals surface area contributed by atoms with Crippen molar-refractivity contribution in [2.45, 2.75) is 26.3 Å². The molecule has 1 rings (SSSR count). The fourth-order valence-electron chi connectivity index (χ4n) is 1.61. The van der Waals surface area contributed by atoms with Gasteiger partial charge in [-0.15, -0.1) is 0 Å². The third-order valence-electron chi connectivity index (χ3n) is 2.86. The van der Waals surface area contributed by atoms with Crippen molar-refractivity contribution in [2.24, 2.45) is 0 Å². The van der Waals surface area contributed by atoms with Gasteiger partial charge >= 0.3 is 0 Å². The number of aldehydes is 1. The molecule has 0 spiro atoms. The Morgan fingerprint density at radius 1 is 1.53 bits per heavy atom. The van der Waals surface area contributed by atoms with E-state index in [1.54, 1.807) is 19.4 Å². The second-order valence-corrected chi connectivity index (χ2v) is 4.01. The highest BCUT2D eigenvalue weighted by Gasteiger charge is 2.13. The molecule has 0 aromatic carbocycles. The largest absolute Gasteiger partial charge is 0.383 e. The van der Waals surface area contributed by atoms with Crippen molar-refractivity contribution in [1.29, 1.82) is 0 Å². The highest BCUT2D eigenvalue weighted by molar-refractivity contribution is 5.74. The van der Waals surface area contributed by atoms with E-state index in [0.717, 1.165) is 25.1 Å². The van der Waals surface area contributed by atoms with Crippen molar-refractivity contribution < 1.29 is 9.53 Å². The van der Waals surface area contributed by atoms with E-state index in [4.69, 9.17) is 4.74 Å². The Hall–Kier alpha value is -1.42. The summed E-state index contributed by atoms with van der Waals surface area (Å²) in [7, 11) is 1.69. The maximum absolute atomic E-state index is 10.6. The average molecular weight is 236 g/mol. The predicted octanol–water partition coefficient (Wildman–Crippen LogP) is 2.15. The lowest BCUT2D eigenvalue weighted by atomic mass is 10.2. The van der Waals surface area contributed by atoms with Crippen LogP contribution >= 0.6 is 0 Å². The number of ether oxygens (including phenoxy) is 1. The average Bonchev–Trinajstić information content (AvgIpc) is 2.39. The number of methoxy groups -OCH3 is 1. The molecule has 0 aliphatic heterocycles. The van der Waals surface area contributed by atoms with E-state index in [1.807, 2.05) is 6.07 Å². The highest BCUT2D eigenvalue weighted by Crippen LogP contribution is 2.15. The summed E-state index contributed by atoms with van der Waals surface area (Å²) in [5.41, 5.74) is 0.601. The first-order valence-electron chi connectivity index (χ1n) is 5.89. The molecule has 4 heteroatoms. The monoisotopic (exact) mass is 236 g/mol. The minimum absolute atomic E-state index is 0.403. The minimum atomic E-state index is 0.403. The first-order chi connectivity index (χ1) is 8.22. The summed E-state index contributed by atoms with van der Waals surface area (Å²) in [6, 6.07) is 4.07. The molecule has 0 bridgehead atoms. The molecule has 94 valence electrons. The van der Waals surface area contributed by atoms with Crippen molar-refractivity contribution in [3.8, 4) is 0 Å². The van der Waals surface area contributed by atoms with Crippen LogP contribution in [0.4, 0.5) is 5.82 Å². The van der Waals surface area contributed by atoms with Crippen LogP contribution in [0.1, 0.15) is 30.6 Å². The van der Waals surface area contributed by atoms with Crippen LogP contribution in [-0.2, 0) is 4.74 Å². The molecule has 0 fully saturated rings. The molecule has 1 unspecified atom stereocenters. The van der Waals surface area contributed by atoms with E-state index < -0.39 is 0 Å². The molecule has 17 heavy (non-hydrogen) atoms. The Morgan fingerprint density at radius 3 is 2.76 bits per heavy atom. The molecule has 0 radical (unpaired) electrons. The van der Waals surface area contributed by atoms with Gasteiger partial charge in [0.2, 0.25) is 0 Å². The molecule has 0 saturated heterocycles. The summed E-state index contributed by atoms with van der Waals surface area (Å²) < 4.78 is 5.11. The van der Waals surface area contributed by atoms with Gasteiger partial charge in [-0.2, -0.15) is 0 Å². The van der Waals surface area contributed by atoms with E-state index in [1.165, 1.54) is 0 Å². The standard InChI is InChI=1S/C13H20N2O2/c1-4-11(2)15(7-8-17-3)13-6-5-12(10-16)9-14-13/h5-6,9-11H,4,7-8H2,1-3H3. The number of nitrogens with zero attached hydrogens (tertiary/aromatic N) is 2. The molecular formula is C13H20N2O2. The summed E-state index contributed by atoms with van der Waals surface area (Å²) >= 11 is 0. The van der Waals surface area contributed by atoms with Crippen molar-refractivity contribution in [3.63, 3.8) is 0 Å². The topological polar surface area (TPSA) is 42.4 Å². The molecule has 1 atom stereocenters. The first kappa shape index (κ1) is 13.6. The van der Waals surface area contributed by atoms with Crippen LogP contribution in [0.3, 0.4) is 0 Å². The third kappa shape index (κ3) is 3.82. The van der Waals surface area contributed by atoms with Gasteiger partial charge < -0.3 is 9.64 Å². The number of carbonyl (C=O) groups is 1. The SMILES string of the molecule is CCC(C)N(CCOC)c1ccc(C=O)cn1.